The molecule has 27 heavy (non-hydrogen) atoms. The van der Waals surface area contributed by atoms with Crippen molar-refractivity contribution < 1.29 is 9.59 Å². The normalized spacial score (nSPS) is 15.6. The summed E-state index contributed by atoms with van der Waals surface area (Å²) in [6.45, 7) is 16.4. The van der Waals surface area contributed by atoms with E-state index in [9.17, 15) is 9.59 Å². The monoisotopic (exact) mass is 377 g/mol. The van der Waals surface area contributed by atoms with Gasteiger partial charge in [0.2, 0.25) is 11.8 Å². The number of aromatic nitrogens is 2. The van der Waals surface area contributed by atoms with Gasteiger partial charge in [-0.25, -0.2) is 0 Å². The van der Waals surface area contributed by atoms with Crippen molar-refractivity contribution in [1.82, 2.24) is 24.9 Å². The Bertz CT molecular complexity index is 658. The standard InChI is InChI=1S/C20H35N5O2/c1-14(2)12-25-17(6)18(16(5)22-25)11-20(27)24-9-7-23(8-10-24)13-19(26)21-15(3)4/h14-15H,7-13H2,1-6H3,(H,21,26). The fourth-order valence-corrected chi connectivity index (χ4v) is 3.50. The van der Waals surface area contributed by atoms with Gasteiger partial charge >= 0.3 is 0 Å². The second kappa shape index (κ2) is 9.35. The highest BCUT2D eigenvalue weighted by Gasteiger charge is 2.24. The molecule has 2 amide bonds. The molecular weight excluding hydrogens is 342 g/mol. The smallest absolute Gasteiger partial charge is 0.234 e. The average Bonchev–Trinajstić information content (AvgIpc) is 2.81. The van der Waals surface area contributed by atoms with Gasteiger partial charge in [-0.15, -0.1) is 0 Å². The molecule has 7 heteroatoms. The van der Waals surface area contributed by atoms with Gasteiger partial charge in [-0.1, -0.05) is 13.8 Å². The third-order valence-corrected chi connectivity index (χ3v) is 4.94. The minimum absolute atomic E-state index is 0.0496. The minimum Gasteiger partial charge on any atom is -0.353 e. The molecule has 2 rings (SSSR count). The van der Waals surface area contributed by atoms with Crippen molar-refractivity contribution in [2.24, 2.45) is 5.92 Å². The molecule has 1 aromatic rings. The molecule has 0 aliphatic carbocycles. The summed E-state index contributed by atoms with van der Waals surface area (Å²) < 4.78 is 2.02. The number of nitrogens with one attached hydrogen (secondary N) is 1. The molecule has 0 atom stereocenters. The van der Waals surface area contributed by atoms with E-state index in [1.807, 2.05) is 30.4 Å². The molecule has 7 nitrogen and oxygen atoms in total. The van der Waals surface area contributed by atoms with Crippen LogP contribution in [-0.2, 0) is 22.6 Å². The molecule has 1 N–H and O–H groups in total. The van der Waals surface area contributed by atoms with Crippen molar-refractivity contribution >= 4 is 11.8 Å². The lowest BCUT2D eigenvalue weighted by atomic mass is 10.1. The zero-order valence-electron chi connectivity index (χ0n) is 17.7. The molecule has 0 bridgehead atoms. The van der Waals surface area contributed by atoms with Crippen molar-refractivity contribution in [3.8, 4) is 0 Å². The molecule has 0 saturated carbocycles. The molecule has 1 saturated heterocycles. The number of hydrogen-bond acceptors (Lipinski definition) is 4. The Morgan fingerprint density at radius 1 is 1.07 bits per heavy atom. The molecule has 1 aliphatic heterocycles. The predicted molar refractivity (Wildman–Crippen MR) is 107 cm³/mol. The SMILES string of the molecule is Cc1nn(CC(C)C)c(C)c1CC(=O)N1CCN(CC(=O)NC(C)C)CC1. The van der Waals surface area contributed by atoms with Crippen LogP contribution >= 0.6 is 0 Å². The lowest BCUT2D eigenvalue weighted by Crippen LogP contribution is -2.51. The van der Waals surface area contributed by atoms with Gasteiger partial charge in [0.15, 0.2) is 0 Å². The number of piperazine rings is 1. The Labute approximate surface area is 163 Å². The van der Waals surface area contributed by atoms with Gasteiger partial charge in [-0.05, 0) is 33.6 Å². The maximum atomic E-state index is 12.8. The van der Waals surface area contributed by atoms with Gasteiger partial charge in [0.1, 0.15) is 0 Å². The second-order valence-electron chi connectivity index (χ2n) is 8.28. The number of carbonyl (C=O) groups excluding carboxylic acids is 2. The van der Waals surface area contributed by atoms with E-state index in [0.29, 0.717) is 32.0 Å². The van der Waals surface area contributed by atoms with Gasteiger partial charge in [0, 0.05) is 50.0 Å². The first kappa shape index (κ1) is 21.4. The summed E-state index contributed by atoms with van der Waals surface area (Å²) in [5.74, 6) is 0.720. The van der Waals surface area contributed by atoms with Crippen LogP contribution in [0.5, 0.6) is 0 Å². The Balaban J connectivity index is 1.88. The van der Waals surface area contributed by atoms with Crippen LogP contribution in [0.4, 0.5) is 0 Å². The molecule has 2 heterocycles. The molecule has 1 fully saturated rings. The van der Waals surface area contributed by atoms with Crippen molar-refractivity contribution in [2.75, 3.05) is 32.7 Å². The van der Waals surface area contributed by atoms with Crippen LogP contribution < -0.4 is 5.32 Å². The third-order valence-electron chi connectivity index (χ3n) is 4.94. The van der Waals surface area contributed by atoms with E-state index in [1.165, 1.54) is 0 Å². The molecule has 1 aliphatic rings. The van der Waals surface area contributed by atoms with Crippen LogP contribution in [-0.4, -0.2) is 70.2 Å². The lowest BCUT2D eigenvalue weighted by molar-refractivity contribution is -0.132. The first-order valence-corrected chi connectivity index (χ1v) is 9.99. The number of aryl methyl sites for hydroxylation is 1. The fraction of sp³-hybridized carbons (Fsp3) is 0.750. The molecule has 0 unspecified atom stereocenters. The second-order valence-corrected chi connectivity index (χ2v) is 8.28. The van der Waals surface area contributed by atoms with Crippen molar-refractivity contribution in [3.63, 3.8) is 0 Å². The number of nitrogens with zero attached hydrogens (tertiary/aromatic N) is 4. The first-order valence-electron chi connectivity index (χ1n) is 9.99. The number of carbonyl (C=O) groups is 2. The van der Waals surface area contributed by atoms with E-state index in [4.69, 9.17) is 0 Å². The highest BCUT2D eigenvalue weighted by atomic mass is 16.2. The van der Waals surface area contributed by atoms with Crippen LogP contribution in [0.25, 0.3) is 0 Å². The Kier molecular flexibility index (Phi) is 7.41. The molecule has 0 radical (unpaired) electrons. The quantitative estimate of drug-likeness (QED) is 0.779. The summed E-state index contributed by atoms with van der Waals surface area (Å²) in [5, 5.41) is 7.52. The van der Waals surface area contributed by atoms with Crippen molar-refractivity contribution in [2.45, 2.75) is 60.5 Å². The van der Waals surface area contributed by atoms with Crippen molar-refractivity contribution in [1.29, 1.82) is 0 Å². The summed E-state index contributed by atoms with van der Waals surface area (Å²) in [4.78, 5) is 28.7. The summed E-state index contributed by atoms with van der Waals surface area (Å²) in [6.07, 6.45) is 0.406. The summed E-state index contributed by atoms with van der Waals surface area (Å²) in [7, 11) is 0. The lowest BCUT2D eigenvalue weighted by Gasteiger charge is -2.34. The van der Waals surface area contributed by atoms with Crippen LogP contribution in [0.3, 0.4) is 0 Å². The zero-order valence-corrected chi connectivity index (χ0v) is 17.7. The predicted octanol–water partition coefficient (Wildman–Crippen LogP) is 1.37. The highest BCUT2D eigenvalue weighted by molar-refractivity contribution is 5.80. The average molecular weight is 378 g/mol. The molecule has 0 aromatic carbocycles. The Morgan fingerprint density at radius 3 is 2.26 bits per heavy atom. The van der Waals surface area contributed by atoms with E-state index in [-0.39, 0.29) is 17.9 Å². The van der Waals surface area contributed by atoms with Crippen LogP contribution in [0, 0.1) is 19.8 Å². The van der Waals surface area contributed by atoms with E-state index in [1.54, 1.807) is 0 Å². The summed E-state index contributed by atoms with van der Waals surface area (Å²) in [5.41, 5.74) is 3.10. The molecule has 1 aromatic heterocycles. The van der Waals surface area contributed by atoms with Gasteiger partial charge in [0.05, 0.1) is 18.7 Å². The Morgan fingerprint density at radius 2 is 1.70 bits per heavy atom. The van der Waals surface area contributed by atoms with E-state index >= 15 is 0 Å². The molecular formula is C20H35N5O2. The first-order chi connectivity index (χ1) is 12.7. The summed E-state index contributed by atoms with van der Waals surface area (Å²) in [6, 6.07) is 0.156. The number of rotatable bonds is 7. The Hall–Kier alpha value is -1.89. The van der Waals surface area contributed by atoms with E-state index in [0.717, 1.165) is 36.6 Å². The van der Waals surface area contributed by atoms with Crippen LogP contribution in [0.15, 0.2) is 0 Å². The fourth-order valence-electron chi connectivity index (χ4n) is 3.50. The largest absolute Gasteiger partial charge is 0.353 e. The summed E-state index contributed by atoms with van der Waals surface area (Å²) >= 11 is 0. The van der Waals surface area contributed by atoms with Crippen LogP contribution in [0.2, 0.25) is 0 Å². The maximum Gasteiger partial charge on any atom is 0.234 e. The molecule has 0 spiro atoms. The third kappa shape index (κ3) is 6.06. The van der Waals surface area contributed by atoms with Gasteiger partial charge in [-0.2, -0.15) is 5.10 Å². The van der Waals surface area contributed by atoms with Crippen molar-refractivity contribution in [3.05, 3.63) is 17.0 Å². The van der Waals surface area contributed by atoms with E-state index < -0.39 is 0 Å². The highest BCUT2D eigenvalue weighted by Crippen LogP contribution is 2.17. The van der Waals surface area contributed by atoms with Crippen LogP contribution in [0.1, 0.15) is 44.6 Å². The molecule has 152 valence electrons. The van der Waals surface area contributed by atoms with E-state index in [2.05, 4.69) is 36.1 Å². The topological polar surface area (TPSA) is 70.5 Å². The number of hydrogen-bond donors (Lipinski definition) is 1. The van der Waals surface area contributed by atoms with Gasteiger partial charge in [0.25, 0.3) is 0 Å². The number of amides is 2. The maximum absolute atomic E-state index is 12.8. The van der Waals surface area contributed by atoms with Gasteiger partial charge in [-0.3, -0.25) is 19.2 Å². The minimum atomic E-state index is 0.0496. The zero-order chi connectivity index (χ0) is 20.1. The van der Waals surface area contributed by atoms with Gasteiger partial charge < -0.3 is 10.2 Å².